The predicted molar refractivity (Wildman–Crippen MR) is 90.6 cm³/mol. The van der Waals surface area contributed by atoms with Gasteiger partial charge in [0.1, 0.15) is 5.82 Å². The van der Waals surface area contributed by atoms with E-state index in [-0.39, 0.29) is 11.8 Å². The van der Waals surface area contributed by atoms with Gasteiger partial charge in [-0.1, -0.05) is 0 Å². The van der Waals surface area contributed by atoms with E-state index in [4.69, 9.17) is 5.11 Å². The topological polar surface area (TPSA) is 113 Å². The van der Waals surface area contributed by atoms with Crippen LogP contribution in [0.25, 0.3) is 11.4 Å². The van der Waals surface area contributed by atoms with E-state index >= 15 is 0 Å². The molecule has 2 N–H and O–H groups in total. The maximum absolute atomic E-state index is 11.5. The fraction of sp³-hybridized carbons (Fsp3) is 0.438. The van der Waals surface area contributed by atoms with Crippen LogP contribution in [0, 0.1) is 6.92 Å². The summed E-state index contributed by atoms with van der Waals surface area (Å²) in [5, 5.41) is 16.6. The summed E-state index contributed by atoms with van der Waals surface area (Å²) >= 11 is 0. The number of aryl methyl sites for hydroxylation is 2. The Hall–Kier alpha value is -2.97. The van der Waals surface area contributed by atoms with Crippen molar-refractivity contribution < 1.29 is 14.7 Å². The summed E-state index contributed by atoms with van der Waals surface area (Å²) < 4.78 is 1.46. The summed E-state index contributed by atoms with van der Waals surface area (Å²) in [6.07, 6.45) is -0.148. The van der Waals surface area contributed by atoms with E-state index in [0.29, 0.717) is 30.6 Å². The molecule has 3 rings (SSSR count). The van der Waals surface area contributed by atoms with E-state index in [9.17, 15) is 9.59 Å². The number of pyridine rings is 1. The first-order valence-corrected chi connectivity index (χ1v) is 7.99. The zero-order valence-corrected chi connectivity index (χ0v) is 14.4. The van der Waals surface area contributed by atoms with Crippen LogP contribution >= 0.6 is 0 Å². The Morgan fingerprint density at radius 3 is 2.64 bits per heavy atom. The number of aromatic nitrogens is 4. The van der Waals surface area contributed by atoms with Crippen LogP contribution in [0.2, 0.25) is 0 Å². The average Bonchev–Trinajstić information content (AvgIpc) is 3.14. The molecule has 0 spiro atoms. The molecular formula is C16H20N6O3. The van der Waals surface area contributed by atoms with Gasteiger partial charge < -0.3 is 15.3 Å². The summed E-state index contributed by atoms with van der Waals surface area (Å²) in [5.41, 5.74) is 1.49. The molecule has 0 aromatic carbocycles. The molecule has 1 amide bonds. The number of nitrogens with zero attached hydrogens (tertiary/aromatic N) is 5. The van der Waals surface area contributed by atoms with Crippen molar-refractivity contribution in [2.24, 2.45) is 7.05 Å². The number of carboxylic acid groups (broad SMARTS) is 1. The minimum absolute atomic E-state index is 0.0474. The Morgan fingerprint density at radius 1 is 1.32 bits per heavy atom. The van der Waals surface area contributed by atoms with Gasteiger partial charge in [-0.3, -0.25) is 4.79 Å². The zero-order chi connectivity index (χ0) is 18.1. The molecule has 0 aliphatic carbocycles. The van der Waals surface area contributed by atoms with E-state index in [0.717, 1.165) is 17.7 Å². The molecule has 1 fully saturated rings. The van der Waals surface area contributed by atoms with Gasteiger partial charge in [-0.15, -0.1) is 0 Å². The number of carbonyl (C=O) groups is 2. The lowest BCUT2D eigenvalue weighted by Crippen LogP contribution is -2.30. The molecule has 0 bridgehead atoms. The molecule has 25 heavy (non-hydrogen) atoms. The fourth-order valence-corrected chi connectivity index (χ4v) is 2.94. The van der Waals surface area contributed by atoms with Crippen molar-refractivity contribution >= 4 is 17.7 Å². The molecule has 0 radical (unpaired) electrons. The second-order valence-electron chi connectivity index (χ2n) is 6.13. The molecule has 132 valence electrons. The van der Waals surface area contributed by atoms with Crippen molar-refractivity contribution in [2.75, 3.05) is 18.4 Å². The summed E-state index contributed by atoms with van der Waals surface area (Å²) in [7, 11) is 1.68. The maximum atomic E-state index is 11.5. The van der Waals surface area contributed by atoms with Crippen LogP contribution in [0.15, 0.2) is 12.1 Å². The number of ketones is 1. The van der Waals surface area contributed by atoms with E-state index in [2.05, 4.69) is 20.4 Å². The number of Topliss-reactive ketones (excluding diaryl/α,β-unsaturated/α-hetero) is 1. The molecule has 9 heteroatoms. The minimum atomic E-state index is -0.897. The summed E-state index contributed by atoms with van der Waals surface area (Å²) in [4.78, 5) is 32.7. The average molecular weight is 344 g/mol. The van der Waals surface area contributed by atoms with Crippen LogP contribution in [0.3, 0.4) is 0 Å². The molecule has 0 unspecified atom stereocenters. The molecule has 1 saturated heterocycles. The van der Waals surface area contributed by atoms with Gasteiger partial charge in [0, 0.05) is 38.7 Å². The number of anilines is 1. The molecule has 2 aromatic rings. The van der Waals surface area contributed by atoms with Gasteiger partial charge >= 0.3 is 6.09 Å². The van der Waals surface area contributed by atoms with Crippen molar-refractivity contribution in [3.05, 3.63) is 23.7 Å². The van der Waals surface area contributed by atoms with Gasteiger partial charge in [-0.05, 0) is 25.5 Å². The van der Waals surface area contributed by atoms with Gasteiger partial charge in [-0.2, -0.15) is 5.10 Å². The number of rotatable bonds is 4. The van der Waals surface area contributed by atoms with E-state index in [1.165, 1.54) is 16.5 Å². The zero-order valence-electron chi connectivity index (χ0n) is 14.4. The first kappa shape index (κ1) is 16.9. The second-order valence-corrected chi connectivity index (χ2v) is 6.13. The van der Waals surface area contributed by atoms with Crippen molar-refractivity contribution in [1.82, 2.24) is 24.6 Å². The largest absolute Gasteiger partial charge is 0.465 e. The van der Waals surface area contributed by atoms with Crippen LogP contribution in [0.4, 0.5) is 10.6 Å². The molecule has 1 aliphatic heterocycles. The SMILES string of the molecule is CC(=O)c1nc(-c2ccc(N[C@H]3CCN(C(=O)O)C3)nc2C)nn1C. The lowest BCUT2D eigenvalue weighted by molar-refractivity contribution is 0.0999. The molecule has 1 atom stereocenters. The third kappa shape index (κ3) is 3.44. The molecule has 2 aromatic heterocycles. The van der Waals surface area contributed by atoms with Gasteiger partial charge in [-0.25, -0.2) is 19.4 Å². The van der Waals surface area contributed by atoms with Gasteiger partial charge in [0.25, 0.3) is 0 Å². The lowest BCUT2D eigenvalue weighted by atomic mass is 10.2. The number of hydrogen-bond acceptors (Lipinski definition) is 6. The normalized spacial score (nSPS) is 16.9. The van der Waals surface area contributed by atoms with Crippen LogP contribution < -0.4 is 5.32 Å². The molecule has 3 heterocycles. The van der Waals surface area contributed by atoms with Crippen molar-refractivity contribution in [3.8, 4) is 11.4 Å². The first-order valence-electron chi connectivity index (χ1n) is 7.99. The highest BCUT2D eigenvalue weighted by Gasteiger charge is 2.26. The number of likely N-dealkylation sites (tertiary alicyclic amines) is 1. The highest BCUT2D eigenvalue weighted by molar-refractivity contribution is 5.91. The number of nitrogens with one attached hydrogen (secondary N) is 1. The molecule has 0 saturated carbocycles. The van der Waals surface area contributed by atoms with Crippen LogP contribution in [-0.2, 0) is 7.05 Å². The summed E-state index contributed by atoms with van der Waals surface area (Å²) in [5.74, 6) is 1.30. The second kappa shape index (κ2) is 6.50. The van der Waals surface area contributed by atoms with Gasteiger partial charge in [0.15, 0.2) is 17.4 Å². The van der Waals surface area contributed by atoms with Gasteiger partial charge in [0.2, 0.25) is 0 Å². The Kier molecular flexibility index (Phi) is 4.39. The van der Waals surface area contributed by atoms with Crippen LogP contribution in [0.1, 0.15) is 29.7 Å². The smallest absolute Gasteiger partial charge is 0.407 e. The lowest BCUT2D eigenvalue weighted by Gasteiger charge is -2.15. The quantitative estimate of drug-likeness (QED) is 0.809. The Balaban J connectivity index is 1.76. The van der Waals surface area contributed by atoms with E-state index in [1.54, 1.807) is 7.05 Å². The molecular weight excluding hydrogens is 324 g/mol. The van der Waals surface area contributed by atoms with Crippen LogP contribution in [0.5, 0.6) is 0 Å². The third-order valence-corrected chi connectivity index (χ3v) is 4.22. The van der Waals surface area contributed by atoms with Crippen molar-refractivity contribution in [2.45, 2.75) is 26.3 Å². The van der Waals surface area contributed by atoms with Crippen LogP contribution in [-0.4, -0.2) is 60.8 Å². The van der Waals surface area contributed by atoms with E-state index < -0.39 is 6.09 Å². The fourth-order valence-electron chi connectivity index (χ4n) is 2.94. The van der Waals surface area contributed by atoms with Crippen molar-refractivity contribution in [3.63, 3.8) is 0 Å². The summed E-state index contributed by atoms with van der Waals surface area (Å²) in [6, 6.07) is 3.72. The Morgan fingerprint density at radius 2 is 2.08 bits per heavy atom. The predicted octanol–water partition coefficient (Wildman–Crippen LogP) is 1.55. The number of hydrogen-bond donors (Lipinski definition) is 2. The monoisotopic (exact) mass is 344 g/mol. The Labute approximate surface area is 144 Å². The summed E-state index contributed by atoms with van der Waals surface area (Å²) in [6.45, 7) is 4.27. The number of carbonyl (C=O) groups excluding carboxylic acids is 1. The van der Waals surface area contributed by atoms with Gasteiger partial charge in [0.05, 0.1) is 5.69 Å². The molecule has 9 nitrogen and oxygen atoms in total. The van der Waals surface area contributed by atoms with E-state index in [1.807, 2.05) is 19.1 Å². The maximum Gasteiger partial charge on any atom is 0.407 e. The first-order chi connectivity index (χ1) is 11.8. The third-order valence-electron chi connectivity index (χ3n) is 4.22. The van der Waals surface area contributed by atoms with Crippen molar-refractivity contribution in [1.29, 1.82) is 0 Å². The molecule has 1 aliphatic rings. The highest BCUT2D eigenvalue weighted by Crippen LogP contribution is 2.22. The highest BCUT2D eigenvalue weighted by atomic mass is 16.4. The Bertz CT molecular complexity index is 831. The number of amides is 1. The minimum Gasteiger partial charge on any atom is -0.465 e. The standard InChI is InChI=1S/C16H20N6O3/c1-9-12(14-19-15(10(2)23)21(3)20-14)4-5-13(17-9)18-11-6-7-22(8-11)16(24)25/h4-5,11H,6-8H2,1-3H3,(H,17,18)(H,24,25)/t11-/m0/s1.